The van der Waals surface area contributed by atoms with Crippen LogP contribution in [0.1, 0.15) is 44.1 Å². The molecule has 1 aromatic carbocycles. The summed E-state index contributed by atoms with van der Waals surface area (Å²) in [4.78, 5) is 12.5. The van der Waals surface area contributed by atoms with Crippen LogP contribution in [-0.4, -0.2) is 21.7 Å². The average molecular weight is 375 g/mol. The van der Waals surface area contributed by atoms with Crippen molar-refractivity contribution in [1.82, 2.24) is 15.1 Å². The monoisotopic (exact) mass is 375 g/mol. The predicted octanol–water partition coefficient (Wildman–Crippen LogP) is 3.79. The second-order valence-corrected chi connectivity index (χ2v) is 7.31. The number of rotatable bonds is 6. The van der Waals surface area contributed by atoms with Gasteiger partial charge in [0, 0.05) is 6.04 Å². The highest BCUT2D eigenvalue weighted by atomic mass is 32.1. The fourth-order valence-corrected chi connectivity index (χ4v) is 3.41. The van der Waals surface area contributed by atoms with Gasteiger partial charge in [0.1, 0.15) is 12.3 Å². The van der Waals surface area contributed by atoms with Crippen LogP contribution < -0.4 is 10.1 Å². The van der Waals surface area contributed by atoms with Gasteiger partial charge in [0.25, 0.3) is 10.7 Å². The van der Waals surface area contributed by atoms with E-state index < -0.39 is 0 Å². The van der Waals surface area contributed by atoms with Crippen LogP contribution in [-0.2, 0) is 17.9 Å². The van der Waals surface area contributed by atoms with Crippen LogP contribution in [0.5, 0.6) is 5.75 Å². The molecule has 1 aliphatic rings. The Bertz CT molecular complexity index is 797. The van der Waals surface area contributed by atoms with E-state index in [2.05, 4.69) is 17.3 Å². The van der Waals surface area contributed by atoms with Crippen molar-refractivity contribution in [3.63, 3.8) is 0 Å². The SMILES string of the molecule is Cc1ccc(OCc2nn(CC(=O)N[C@@H]3CCCC[C@H]3C)c(=S)o2)cc1. The van der Waals surface area contributed by atoms with Gasteiger partial charge in [-0.25, -0.2) is 4.68 Å². The normalized spacial score (nSPS) is 19.9. The second-order valence-electron chi connectivity index (χ2n) is 6.96. The standard InChI is InChI=1S/C19H25N3O3S/c1-13-7-9-15(10-8-13)24-12-18-21-22(19(26)25-18)11-17(23)20-16-6-4-3-5-14(16)2/h7-10,14,16H,3-6,11-12H2,1-2H3,(H,20,23)/t14-,16-/m1/s1. The number of carbonyl (C=O) groups excluding carboxylic acids is 1. The highest BCUT2D eigenvalue weighted by molar-refractivity contribution is 7.71. The maximum Gasteiger partial charge on any atom is 0.287 e. The van der Waals surface area contributed by atoms with Crippen molar-refractivity contribution < 1.29 is 13.9 Å². The Morgan fingerprint density at radius 1 is 1.35 bits per heavy atom. The lowest BCUT2D eigenvalue weighted by atomic mass is 9.86. The summed E-state index contributed by atoms with van der Waals surface area (Å²) >= 11 is 5.17. The highest BCUT2D eigenvalue weighted by Gasteiger charge is 2.23. The summed E-state index contributed by atoms with van der Waals surface area (Å²) in [6.07, 6.45) is 4.60. The lowest BCUT2D eigenvalue weighted by Gasteiger charge is -2.29. The Balaban J connectivity index is 1.54. The molecule has 1 heterocycles. The van der Waals surface area contributed by atoms with E-state index in [0.717, 1.165) is 24.2 Å². The summed E-state index contributed by atoms with van der Waals surface area (Å²) in [6, 6.07) is 7.96. The number of nitrogens with one attached hydrogen (secondary N) is 1. The van der Waals surface area contributed by atoms with Gasteiger partial charge >= 0.3 is 0 Å². The quantitative estimate of drug-likeness (QED) is 0.778. The van der Waals surface area contributed by atoms with Crippen LogP contribution >= 0.6 is 12.2 Å². The Labute approximate surface area is 158 Å². The maximum absolute atomic E-state index is 12.3. The summed E-state index contributed by atoms with van der Waals surface area (Å²) in [7, 11) is 0. The van der Waals surface area contributed by atoms with Crippen LogP contribution in [0.15, 0.2) is 28.7 Å². The number of carbonyl (C=O) groups is 1. The Morgan fingerprint density at radius 3 is 2.81 bits per heavy atom. The van der Waals surface area contributed by atoms with E-state index in [1.165, 1.54) is 17.5 Å². The van der Waals surface area contributed by atoms with Gasteiger partial charge in [0.05, 0.1) is 0 Å². The molecule has 26 heavy (non-hydrogen) atoms. The minimum absolute atomic E-state index is 0.0656. The lowest BCUT2D eigenvalue weighted by molar-refractivity contribution is -0.123. The number of hydrogen-bond acceptors (Lipinski definition) is 5. The molecule has 2 aromatic rings. The molecule has 1 N–H and O–H groups in total. The van der Waals surface area contributed by atoms with E-state index in [4.69, 9.17) is 21.4 Å². The van der Waals surface area contributed by atoms with E-state index in [1.54, 1.807) is 0 Å². The number of hydrogen-bond donors (Lipinski definition) is 1. The van der Waals surface area contributed by atoms with Crippen molar-refractivity contribution in [2.75, 3.05) is 0 Å². The van der Waals surface area contributed by atoms with E-state index in [-0.39, 0.29) is 29.9 Å². The van der Waals surface area contributed by atoms with Gasteiger partial charge in [-0.05, 0) is 50.0 Å². The first-order valence-electron chi connectivity index (χ1n) is 9.07. The molecule has 1 fully saturated rings. The molecule has 0 aliphatic heterocycles. The van der Waals surface area contributed by atoms with Gasteiger partial charge in [-0.1, -0.05) is 37.5 Å². The number of aromatic nitrogens is 2. The van der Waals surface area contributed by atoms with Crippen molar-refractivity contribution in [2.45, 2.75) is 58.7 Å². The molecule has 2 atom stereocenters. The molecule has 0 radical (unpaired) electrons. The molecule has 1 amide bonds. The minimum Gasteiger partial charge on any atom is -0.484 e. The molecule has 0 unspecified atom stereocenters. The molecule has 7 heteroatoms. The molecule has 1 aromatic heterocycles. The Hall–Kier alpha value is -2.15. The summed E-state index contributed by atoms with van der Waals surface area (Å²) in [5.41, 5.74) is 1.16. The molecule has 3 rings (SSSR count). The fraction of sp³-hybridized carbons (Fsp3) is 0.526. The first-order chi connectivity index (χ1) is 12.5. The predicted molar refractivity (Wildman–Crippen MR) is 100 cm³/mol. The van der Waals surface area contributed by atoms with Crippen LogP contribution in [0.4, 0.5) is 0 Å². The van der Waals surface area contributed by atoms with Gasteiger partial charge in [-0.15, -0.1) is 5.10 Å². The van der Waals surface area contributed by atoms with Gasteiger partial charge in [0.2, 0.25) is 5.91 Å². The van der Waals surface area contributed by atoms with Gasteiger partial charge < -0.3 is 14.5 Å². The zero-order chi connectivity index (χ0) is 18.5. The number of benzene rings is 1. The van der Waals surface area contributed by atoms with Crippen molar-refractivity contribution in [1.29, 1.82) is 0 Å². The van der Waals surface area contributed by atoms with Crippen molar-refractivity contribution in [3.05, 3.63) is 40.6 Å². The molecular formula is C19H25N3O3S. The van der Waals surface area contributed by atoms with Crippen molar-refractivity contribution >= 4 is 18.1 Å². The molecule has 6 nitrogen and oxygen atoms in total. The topological polar surface area (TPSA) is 69.3 Å². The van der Waals surface area contributed by atoms with Crippen molar-refractivity contribution in [2.24, 2.45) is 5.92 Å². The highest BCUT2D eigenvalue weighted by Crippen LogP contribution is 2.23. The maximum atomic E-state index is 12.3. The molecule has 1 aliphatic carbocycles. The van der Waals surface area contributed by atoms with E-state index >= 15 is 0 Å². The van der Waals surface area contributed by atoms with E-state index in [0.29, 0.717) is 11.8 Å². The molecule has 140 valence electrons. The summed E-state index contributed by atoms with van der Waals surface area (Å²) in [5.74, 6) is 1.51. The second kappa shape index (κ2) is 8.49. The zero-order valence-corrected chi connectivity index (χ0v) is 16.1. The van der Waals surface area contributed by atoms with E-state index in [9.17, 15) is 4.79 Å². The number of amides is 1. The Morgan fingerprint density at radius 2 is 2.08 bits per heavy atom. The zero-order valence-electron chi connectivity index (χ0n) is 15.2. The van der Waals surface area contributed by atoms with Gasteiger partial charge in [0.15, 0.2) is 6.61 Å². The molecule has 0 bridgehead atoms. The van der Waals surface area contributed by atoms with Crippen molar-refractivity contribution in [3.8, 4) is 5.75 Å². The lowest BCUT2D eigenvalue weighted by Crippen LogP contribution is -2.42. The number of nitrogens with zero attached hydrogens (tertiary/aromatic N) is 2. The Kier molecular flexibility index (Phi) is 6.08. The first kappa shape index (κ1) is 18.6. The number of ether oxygens (including phenoxy) is 1. The van der Waals surface area contributed by atoms with Crippen LogP contribution in [0.3, 0.4) is 0 Å². The van der Waals surface area contributed by atoms with Crippen LogP contribution in [0, 0.1) is 17.7 Å². The summed E-state index contributed by atoms with van der Waals surface area (Å²) < 4.78 is 12.5. The average Bonchev–Trinajstić information content (AvgIpc) is 2.96. The number of aryl methyl sites for hydroxylation is 1. The van der Waals surface area contributed by atoms with Crippen LogP contribution in [0.2, 0.25) is 0 Å². The molecular weight excluding hydrogens is 350 g/mol. The van der Waals surface area contributed by atoms with Gasteiger partial charge in [-0.3, -0.25) is 4.79 Å². The molecule has 0 saturated heterocycles. The van der Waals surface area contributed by atoms with Crippen LogP contribution in [0.25, 0.3) is 0 Å². The largest absolute Gasteiger partial charge is 0.484 e. The summed E-state index contributed by atoms with van der Waals surface area (Å²) in [6.45, 7) is 4.44. The molecule has 0 spiro atoms. The third-order valence-corrected chi connectivity index (χ3v) is 5.08. The third kappa shape index (κ3) is 4.94. The first-order valence-corrected chi connectivity index (χ1v) is 9.48. The smallest absolute Gasteiger partial charge is 0.287 e. The minimum atomic E-state index is -0.0841. The third-order valence-electron chi connectivity index (χ3n) is 4.78. The summed E-state index contributed by atoms with van der Waals surface area (Å²) in [5, 5.41) is 7.35. The molecule has 1 saturated carbocycles. The van der Waals surface area contributed by atoms with E-state index in [1.807, 2.05) is 31.2 Å². The van der Waals surface area contributed by atoms with Gasteiger partial charge in [-0.2, -0.15) is 0 Å². The fourth-order valence-electron chi connectivity index (χ4n) is 3.21.